The van der Waals surface area contributed by atoms with Crippen molar-refractivity contribution < 1.29 is 13.6 Å². The summed E-state index contributed by atoms with van der Waals surface area (Å²) in [5.74, 6) is -1.74. The maximum Gasteiger partial charge on any atom is 0.244 e. The lowest BCUT2D eigenvalue weighted by Crippen LogP contribution is -2.28. The monoisotopic (exact) mass is 262 g/mol. The van der Waals surface area contributed by atoms with Gasteiger partial charge in [-0.3, -0.25) is 4.79 Å². The van der Waals surface area contributed by atoms with Gasteiger partial charge in [-0.15, -0.1) is 0 Å². The number of amides is 1. The van der Waals surface area contributed by atoms with Crippen molar-refractivity contribution in [3.63, 3.8) is 0 Å². The molecular formula is C14H12F2N2O. The second-order valence-corrected chi connectivity index (χ2v) is 4.01. The molecule has 0 spiro atoms. The lowest BCUT2D eigenvalue weighted by atomic mass is 10.1. The van der Waals surface area contributed by atoms with Crippen LogP contribution in [0.3, 0.4) is 0 Å². The van der Waals surface area contributed by atoms with Gasteiger partial charge in [0.2, 0.25) is 5.91 Å². The van der Waals surface area contributed by atoms with Gasteiger partial charge in [-0.2, -0.15) is 0 Å². The number of carbonyl (C=O) groups is 1. The van der Waals surface area contributed by atoms with Crippen molar-refractivity contribution in [2.75, 3.05) is 5.32 Å². The molecule has 0 aliphatic rings. The van der Waals surface area contributed by atoms with Gasteiger partial charge in [0.15, 0.2) is 0 Å². The number of nitrogens with one attached hydrogen (secondary N) is 1. The van der Waals surface area contributed by atoms with E-state index >= 15 is 0 Å². The molecule has 2 rings (SSSR count). The molecular weight excluding hydrogens is 250 g/mol. The fraction of sp³-hybridized carbons (Fsp3) is 0.0714. The highest BCUT2D eigenvalue weighted by Gasteiger charge is 2.20. The van der Waals surface area contributed by atoms with Crippen LogP contribution in [0.4, 0.5) is 14.5 Å². The Kier molecular flexibility index (Phi) is 3.75. The average molecular weight is 262 g/mol. The summed E-state index contributed by atoms with van der Waals surface area (Å²) in [6.45, 7) is 0. The van der Waals surface area contributed by atoms with E-state index in [1.165, 1.54) is 36.4 Å². The van der Waals surface area contributed by atoms with Crippen molar-refractivity contribution in [3.8, 4) is 0 Å². The van der Waals surface area contributed by atoms with Crippen LogP contribution in [0.1, 0.15) is 11.6 Å². The van der Waals surface area contributed by atoms with Crippen LogP contribution in [-0.2, 0) is 4.79 Å². The highest BCUT2D eigenvalue weighted by atomic mass is 19.1. The zero-order chi connectivity index (χ0) is 13.8. The molecule has 0 radical (unpaired) electrons. The number of benzene rings is 2. The van der Waals surface area contributed by atoms with E-state index in [9.17, 15) is 13.6 Å². The Bertz CT molecular complexity index is 602. The molecule has 0 saturated carbocycles. The first-order chi connectivity index (χ1) is 9.08. The molecule has 3 nitrogen and oxygen atoms in total. The predicted octanol–water partition coefficient (Wildman–Crippen LogP) is 2.60. The number of hydrogen-bond acceptors (Lipinski definition) is 2. The van der Waals surface area contributed by atoms with E-state index in [1.807, 2.05) is 0 Å². The fourth-order valence-electron chi connectivity index (χ4n) is 1.76. The third-order valence-corrected chi connectivity index (χ3v) is 2.64. The number of primary amides is 1. The lowest BCUT2D eigenvalue weighted by molar-refractivity contribution is -0.118. The molecule has 0 fully saturated rings. The summed E-state index contributed by atoms with van der Waals surface area (Å²) < 4.78 is 26.7. The van der Waals surface area contributed by atoms with Crippen LogP contribution in [0.15, 0.2) is 48.5 Å². The van der Waals surface area contributed by atoms with E-state index in [4.69, 9.17) is 5.73 Å². The van der Waals surface area contributed by atoms with E-state index < -0.39 is 23.6 Å². The maximum atomic E-state index is 13.7. The minimum Gasteiger partial charge on any atom is -0.370 e. The van der Waals surface area contributed by atoms with E-state index in [0.29, 0.717) is 5.69 Å². The summed E-state index contributed by atoms with van der Waals surface area (Å²) in [6.07, 6.45) is 0. The molecule has 0 aliphatic carbocycles. The van der Waals surface area contributed by atoms with Gasteiger partial charge in [0.1, 0.15) is 17.7 Å². The number of carbonyl (C=O) groups excluding carboxylic acids is 1. The van der Waals surface area contributed by atoms with E-state index in [-0.39, 0.29) is 5.56 Å². The minimum absolute atomic E-state index is 0.124. The molecule has 2 aromatic carbocycles. The van der Waals surface area contributed by atoms with Crippen LogP contribution in [0.25, 0.3) is 0 Å². The van der Waals surface area contributed by atoms with Gasteiger partial charge in [0, 0.05) is 11.3 Å². The molecule has 5 heteroatoms. The third kappa shape index (κ3) is 3.07. The summed E-state index contributed by atoms with van der Waals surface area (Å²) >= 11 is 0. The second kappa shape index (κ2) is 5.48. The standard InChI is InChI=1S/C14H12F2N2O/c15-9-4-3-5-10(8-9)18-13(14(17)19)11-6-1-2-7-12(11)16/h1-8,13,18H,(H2,17,19). The maximum absolute atomic E-state index is 13.7. The highest BCUT2D eigenvalue weighted by Crippen LogP contribution is 2.22. The Labute approximate surface area is 109 Å². The number of halogens is 2. The van der Waals surface area contributed by atoms with Crippen molar-refractivity contribution in [2.45, 2.75) is 6.04 Å². The SMILES string of the molecule is NC(=O)C(Nc1cccc(F)c1)c1ccccc1F. The van der Waals surface area contributed by atoms with Gasteiger partial charge < -0.3 is 11.1 Å². The lowest BCUT2D eigenvalue weighted by Gasteiger charge is -2.17. The first kappa shape index (κ1) is 13.0. The summed E-state index contributed by atoms with van der Waals surface area (Å²) in [5.41, 5.74) is 5.74. The van der Waals surface area contributed by atoms with Crippen LogP contribution in [0.5, 0.6) is 0 Å². The van der Waals surface area contributed by atoms with Crippen LogP contribution >= 0.6 is 0 Å². The van der Waals surface area contributed by atoms with Gasteiger partial charge >= 0.3 is 0 Å². The van der Waals surface area contributed by atoms with Crippen molar-refractivity contribution in [3.05, 3.63) is 65.7 Å². The van der Waals surface area contributed by atoms with Crippen LogP contribution in [-0.4, -0.2) is 5.91 Å². The number of anilines is 1. The molecule has 0 aliphatic heterocycles. The highest BCUT2D eigenvalue weighted by molar-refractivity contribution is 5.84. The van der Waals surface area contributed by atoms with Crippen molar-refractivity contribution in [1.82, 2.24) is 0 Å². The Morgan fingerprint density at radius 3 is 2.47 bits per heavy atom. The average Bonchev–Trinajstić information content (AvgIpc) is 2.37. The first-order valence-electron chi connectivity index (χ1n) is 5.64. The van der Waals surface area contributed by atoms with Gasteiger partial charge in [-0.25, -0.2) is 8.78 Å². The summed E-state index contributed by atoms with van der Waals surface area (Å²) in [6, 6.07) is 10.3. The van der Waals surface area contributed by atoms with Crippen LogP contribution in [0.2, 0.25) is 0 Å². The van der Waals surface area contributed by atoms with Crippen LogP contribution < -0.4 is 11.1 Å². The summed E-state index contributed by atoms with van der Waals surface area (Å²) in [5, 5.41) is 2.72. The van der Waals surface area contributed by atoms with Gasteiger partial charge in [0.25, 0.3) is 0 Å². The molecule has 98 valence electrons. The molecule has 0 saturated heterocycles. The van der Waals surface area contributed by atoms with Gasteiger partial charge in [-0.05, 0) is 24.3 Å². The summed E-state index contributed by atoms with van der Waals surface area (Å²) in [4.78, 5) is 11.4. The third-order valence-electron chi connectivity index (χ3n) is 2.64. The molecule has 1 amide bonds. The Balaban J connectivity index is 2.32. The Hall–Kier alpha value is -2.43. The zero-order valence-electron chi connectivity index (χ0n) is 9.94. The molecule has 0 aromatic heterocycles. The number of rotatable bonds is 4. The predicted molar refractivity (Wildman–Crippen MR) is 68.4 cm³/mol. The van der Waals surface area contributed by atoms with Gasteiger partial charge in [0.05, 0.1) is 0 Å². The largest absolute Gasteiger partial charge is 0.370 e. The van der Waals surface area contributed by atoms with Crippen LogP contribution in [0, 0.1) is 11.6 Å². The van der Waals surface area contributed by atoms with E-state index in [0.717, 1.165) is 0 Å². The van der Waals surface area contributed by atoms with Crippen molar-refractivity contribution in [2.24, 2.45) is 5.73 Å². The molecule has 3 N–H and O–H groups in total. The normalized spacial score (nSPS) is 11.9. The molecule has 2 aromatic rings. The molecule has 1 unspecified atom stereocenters. The zero-order valence-corrected chi connectivity index (χ0v) is 9.94. The first-order valence-corrected chi connectivity index (χ1v) is 5.64. The van der Waals surface area contributed by atoms with Crippen molar-refractivity contribution >= 4 is 11.6 Å². The molecule has 0 bridgehead atoms. The molecule has 1 atom stereocenters. The second-order valence-electron chi connectivity index (χ2n) is 4.01. The van der Waals surface area contributed by atoms with E-state index in [2.05, 4.69) is 5.32 Å². The topological polar surface area (TPSA) is 55.1 Å². The van der Waals surface area contributed by atoms with E-state index in [1.54, 1.807) is 12.1 Å². The fourth-order valence-corrected chi connectivity index (χ4v) is 1.76. The number of hydrogen-bond donors (Lipinski definition) is 2. The van der Waals surface area contributed by atoms with Gasteiger partial charge in [-0.1, -0.05) is 24.3 Å². The molecule has 0 heterocycles. The summed E-state index contributed by atoms with van der Waals surface area (Å²) in [7, 11) is 0. The minimum atomic E-state index is -1.05. The number of nitrogens with two attached hydrogens (primary N) is 1. The smallest absolute Gasteiger partial charge is 0.244 e. The Morgan fingerprint density at radius 1 is 1.11 bits per heavy atom. The quantitative estimate of drug-likeness (QED) is 0.889. The Morgan fingerprint density at radius 2 is 1.84 bits per heavy atom. The van der Waals surface area contributed by atoms with Crippen molar-refractivity contribution in [1.29, 1.82) is 0 Å². The molecule has 19 heavy (non-hydrogen) atoms.